The molecule has 1 aromatic heterocycles. The van der Waals surface area contributed by atoms with E-state index in [4.69, 9.17) is 11.6 Å². The van der Waals surface area contributed by atoms with Gasteiger partial charge in [-0.2, -0.15) is 0 Å². The van der Waals surface area contributed by atoms with E-state index in [0.717, 1.165) is 11.3 Å². The Morgan fingerprint density at radius 3 is 2.85 bits per heavy atom. The summed E-state index contributed by atoms with van der Waals surface area (Å²) in [7, 11) is 0. The van der Waals surface area contributed by atoms with Gasteiger partial charge >= 0.3 is 0 Å². The third kappa shape index (κ3) is 2.46. The maximum absolute atomic E-state index is 11.4. The van der Waals surface area contributed by atoms with E-state index in [1.807, 2.05) is 13.0 Å². The molecule has 0 spiro atoms. The average molecular weight is 198 g/mol. The normalized spacial score (nSPS) is 10.0. The Hall–Kier alpha value is -1.02. The zero-order chi connectivity index (χ0) is 9.84. The highest BCUT2D eigenvalue weighted by atomic mass is 35.5. The lowest BCUT2D eigenvalue weighted by Gasteiger charge is -2.09. The Labute approximate surface area is 82.5 Å². The van der Waals surface area contributed by atoms with Crippen molar-refractivity contribution in [1.82, 2.24) is 4.57 Å². The number of halogens is 1. The summed E-state index contributed by atoms with van der Waals surface area (Å²) in [6.45, 7) is 6.16. The molecule has 1 heterocycles. The van der Waals surface area contributed by atoms with Crippen LogP contribution in [0.1, 0.15) is 5.69 Å². The van der Waals surface area contributed by atoms with Gasteiger partial charge in [0.25, 0.3) is 5.56 Å². The molecule has 0 saturated carbocycles. The SMILES string of the molecule is C=C(CCl)Cn1c(C)cccc1=O. The molecule has 1 rings (SSSR count). The third-order valence-electron chi connectivity index (χ3n) is 1.84. The van der Waals surface area contributed by atoms with E-state index < -0.39 is 0 Å². The summed E-state index contributed by atoms with van der Waals surface area (Å²) in [6, 6.07) is 5.18. The number of allylic oxidation sites excluding steroid dienone is 1. The van der Waals surface area contributed by atoms with Crippen LogP contribution in [0.5, 0.6) is 0 Å². The van der Waals surface area contributed by atoms with Crippen molar-refractivity contribution in [3.63, 3.8) is 0 Å². The summed E-state index contributed by atoms with van der Waals surface area (Å²) >= 11 is 5.59. The van der Waals surface area contributed by atoms with Gasteiger partial charge in [0.05, 0.1) is 0 Å². The fourth-order valence-electron chi connectivity index (χ4n) is 1.09. The van der Waals surface area contributed by atoms with E-state index in [1.54, 1.807) is 10.6 Å². The first-order valence-electron chi connectivity index (χ1n) is 4.04. The molecule has 3 heteroatoms. The molecule has 0 N–H and O–H groups in total. The zero-order valence-corrected chi connectivity index (χ0v) is 8.34. The minimum absolute atomic E-state index is 0.00809. The zero-order valence-electron chi connectivity index (χ0n) is 7.59. The largest absolute Gasteiger partial charge is 0.309 e. The van der Waals surface area contributed by atoms with E-state index in [9.17, 15) is 4.79 Å². The van der Waals surface area contributed by atoms with Gasteiger partial charge in [0.15, 0.2) is 0 Å². The molecule has 70 valence electrons. The second kappa shape index (κ2) is 4.28. The number of hydrogen-bond donors (Lipinski definition) is 0. The van der Waals surface area contributed by atoms with Gasteiger partial charge in [0.1, 0.15) is 0 Å². The summed E-state index contributed by atoms with van der Waals surface area (Å²) in [4.78, 5) is 11.4. The first-order valence-corrected chi connectivity index (χ1v) is 4.57. The van der Waals surface area contributed by atoms with Crippen LogP contribution >= 0.6 is 11.6 Å². The maximum Gasteiger partial charge on any atom is 0.251 e. The highest BCUT2D eigenvalue weighted by molar-refractivity contribution is 6.19. The molecule has 2 nitrogen and oxygen atoms in total. The smallest absolute Gasteiger partial charge is 0.251 e. The molecule has 0 aliphatic rings. The van der Waals surface area contributed by atoms with E-state index in [2.05, 4.69) is 6.58 Å². The van der Waals surface area contributed by atoms with Gasteiger partial charge in [-0.1, -0.05) is 12.6 Å². The van der Waals surface area contributed by atoms with Gasteiger partial charge in [0.2, 0.25) is 0 Å². The second-order valence-electron chi connectivity index (χ2n) is 2.98. The Balaban J connectivity index is 3.00. The van der Waals surface area contributed by atoms with Crippen LogP contribution < -0.4 is 5.56 Å². The summed E-state index contributed by atoms with van der Waals surface area (Å²) in [5.74, 6) is 0.390. The summed E-state index contributed by atoms with van der Waals surface area (Å²) in [6.07, 6.45) is 0. The highest BCUT2D eigenvalue weighted by Crippen LogP contribution is 2.00. The molecule has 0 radical (unpaired) electrons. The number of hydrogen-bond acceptors (Lipinski definition) is 1. The molecule has 0 aromatic carbocycles. The third-order valence-corrected chi connectivity index (χ3v) is 2.22. The summed E-state index contributed by atoms with van der Waals surface area (Å²) < 4.78 is 1.66. The average Bonchev–Trinajstić information content (AvgIpc) is 2.11. The second-order valence-corrected chi connectivity index (χ2v) is 3.24. The van der Waals surface area contributed by atoms with Crippen LogP contribution in [0.15, 0.2) is 35.1 Å². The fraction of sp³-hybridized carbons (Fsp3) is 0.300. The number of rotatable bonds is 3. The lowest BCUT2D eigenvalue weighted by Crippen LogP contribution is -2.21. The van der Waals surface area contributed by atoms with Crippen molar-refractivity contribution in [3.8, 4) is 0 Å². The Morgan fingerprint density at radius 1 is 1.62 bits per heavy atom. The predicted octanol–water partition coefficient (Wildman–Crippen LogP) is 1.95. The van der Waals surface area contributed by atoms with Crippen molar-refractivity contribution < 1.29 is 0 Å². The lowest BCUT2D eigenvalue weighted by molar-refractivity contribution is 0.722. The number of alkyl halides is 1. The fourth-order valence-corrected chi connectivity index (χ4v) is 1.18. The molecule has 0 unspecified atom stereocenters. The van der Waals surface area contributed by atoms with Crippen LogP contribution in [0.2, 0.25) is 0 Å². The molecular weight excluding hydrogens is 186 g/mol. The molecule has 13 heavy (non-hydrogen) atoms. The minimum atomic E-state index is -0.00809. The number of pyridine rings is 1. The summed E-state index contributed by atoms with van der Waals surface area (Å²) in [5, 5.41) is 0. The molecule has 0 saturated heterocycles. The van der Waals surface area contributed by atoms with Gasteiger partial charge in [-0.05, 0) is 18.6 Å². The minimum Gasteiger partial charge on any atom is -0.309 e. The van der Waals surface area contributed by atoms with Crippen LogP contribution in [0.25, 0.3) is 0 Å². The number of aromatic nitrogens is 1. The van der Waals surface area contributed by atoms with Gasteiger partial charge in [-0.15, -0.1) is 11.6 Å². The number of aryl methyl sites for hydroxylation is 1. The quantitative estimate of drug-likeness (QED) is 0.536. The van der Waals surface area contributed by atoms with Crippen molar-refractivity contribution in [1.29, 1.82) is 0 Å². The van der Waals surface area contributed by atoms with Gasteiger partial charge in [-0.3, -0.25) is 4.79 Å². The molecule has 0 aliphatic carbocycles. The summed E-state index contributed by atoms with van der Waals surface area (Å²) in [5.41, 5.74) is 1.77. The van der Waals surface area contributed by atoms with E-state index in [-0.39, 0.29) is 5.56 Å². The predicted molar refractivity (Wildman–Crippen MR) is 55.3 cm³/mol. The monoisotopic (exact) mass is 197 g/mol. The topological polar surface area (TPSA) is 22.0 Å². The van der Waals surface area contributed by atoms with Crippen LogP contribution in [-0.4, -0.2) is 10.4 Å². The molecule has 1 aromatic rings. The van der Waals surface area contributed by atoms with Gasteiger partial charge in [-0.25, -0.2) is 0 Å². The van der Waals surface area contributed by atoms with Crippen molar-refractivity contribution in [2.75, 3.05) is 5.88 Å². The Bertz CT molecular complexity index is 367. The Morgan fingerprint density at radius 2 is 2.31 bits per heavy atom. The van der Waals surface area contributed by atoms with E-state index in [0.29, 0.717) is 12.4 Å². The van der Waals surface area contributed by atoms with E-state index >= 15 is 0 Å². The Kier molecular flexibility index (Phi) is 3.32. The molecule has 0 fully saturated rings. The molecule has 0 amide bonds. The van der Waals surface area contributed by atoms with E-state index in [1.165, 1.54) is 6.07 Å². The van der Waals surface area contributed by atoms with Crippen LogP contribution in [-0.2, 0) is 6.54 Å². The molecule has 0 aliphatic heterocycles. The van der Waals surface area contributed by atoms with Crippen molar-refractivity contribution >= 4 is 11.6 Å². The molecular formula is C10H12ClNO. The van der Waals surface area contributed by atoms with Crippen LogP contribution in [0, 0.1) is 6.92 Å². The standard InChI is InChI=1S/C10H12ClNO/c1-8(6-11)7-12-9(2)4-3-5-10(12)13/h3-5H,1,6-7H2,2H3. The van der Waals surface area contributed by atoms with Gasteiger partial charge in [0, 0.05) is 24.2 Å². The van der Waals surface area contributed by atoms with Crippen LogP contribution in [0.3, 0.4) is 0 Å². The number of nitrogens with zero attached hydrogens (tertiary/aromatic N) is 1. The molecule has 0 bridgehead atoms. The van der Waals surface area contributed by atoms with Crippen molar-refractivity contribution in [3.05, 3.63) is 46.4 Å². The van der Waals surface area contributed by atoms with Crippen molar-refractivity contribution in [2.24, 2.45) is 0 Å². The van der Waals surface area contributed by atoms with Crippen molar-refractivity contribution in [2.45, 2.75) is 13.5 Å². The first-order chi connectivity index (χ1) is 6.15. The molecule has 0 atom stereocenters. The lowest BCUT2D eigenvalue weighted by atomic mass is 10.3. The maximum atomic E-state index is 11.4. The van der Waals surface area contributed by atoms with Crippen LogP contribution in [0.4, 0.5) is 0 Å². The highest BCUT2D eigenvalue weighted by Gasteiger charge is 1.99. The van der Waals surface area contributed by atoms with Gasteiger partial charge < -0.3 is 4.57 Å². The first kappa shape index (κ1) is 10.1.